The van der Waals surface area contributed by atoms with Gasteiger partial charge in [-0.25, -0.2) is 9.18 Å². The number of hydrogen-bond acceptors (Lipinski definition) is 4. The van der Waals surface area contributed by atoms with Crippen molar-refractivity contribution in [3.63, 3.8) is 0 Å². The lowest BCUT2D eigenvalue weighted by molar-refractivity contribution is -0.125. The standard InChI is InChI=1S/C38H38FN3O4/c39-29-20-16-25(17-21-29)24-40-37(45)35-32(26-10-4-1-5-11-26)33(36(44)28-12-6-2-7-13-28)34(27-18-22-31(43)23-19-27)42(35)38(46)41-30-14-8-3-9-15-30/h1-2,4-7,10-13,16-23,30,32-35,43H,3,8-9,14-15,24H2,(H,40,45)(H,41,46). The zero-order valence-corrected chi connectivity index (χ0v) is 25.5. The highest BCUT2D eigenvalue weighted by molar-refractivity contribution is 6.01. The predicted octanol–water partition coefficient (Wildman–Crippen LogP) is 6.90. The van der Waals surface area contributed by atoms with Gasteiger partial charge in [0.2, 0.25) is 5.91 Å². The van der Waals surface area contributed by atoms with Crippen LogP contribution in [-0.4, -0.2) is 39.8 Å². The van der Waals surface area contributed by atoms with Gasteiger partial charge in [0, 0.05) is 24.1 Å². The molecule has 236 valence electrons. The summed E-state index contributed by atoms with van der Waals surface area (Å²) >= 11 is 0. The highest BCUT2D eigenvalue weighted by atomic mass is 19.1. The van der Waals surface area contributed by atoms with Crippen molar-refractivity contribution in [2.45, 2.75) is 62.7 Å². The van der Waals surface area contributed by atoms with Crippen molar-refractivity contribution in [3.05, 3.63) is 137 Å². The summed E-state index contributed by atoms with van der Waals surface area (Å²) in [4.78, 5) is 45.2. The molecule has 0 bridgehead atoms. The molecule has 6 rings (SSSR count). The molecule has 0 radical (unpaired) electrons. The second-order valence-corrected chi connectivity index (χ2v) is 12.2. The van der Waals surface area contributed by atoms with Crippen LogP contribution in [0.5, 0.6) is 5.75 Å². The normalized spacial score (nSPS) is 21.5. The zero-order chi connectivity index (χ0) is 32.0. The third kappa shape index (κ3) is 6.66. The predicted molar refractivity (Wildman–Crippen MR) is 174 cm³/mol. The van der Waals surface area contributed by atoms with Gasteiger partial charge in [-0.2, -0.15) is 0 Å². The summed E-state index contributed by atoms with van der Waals surface area (Å²) in [5.41, 5.74) is 2.59. The Bertz CT molecular complexity index is 1640. The number of Topliss-reactive ketones (excluding diaryl/α,β-unsaturated/α-hetero) is 1. The van der Waals surface area contributed by atoms with Crippen molar-refractivity contribution in [2.75, 3.05) is 0 Å². The first-order valence-electron chi connectivity index (χ1n) is 15.9. The number of hydrogen-bond donors (Lipinski definition) is 3. The summed E-state index contributed by atoms with van der Waals surface area (Å²) in [6.07, 6.45) is 4.83. The lowest BCUT2D eigenvalue weighted by atomic mass is 9.76. The van der Waals surface area contributed by atoms with Crippen molar-refractivity contribution < 1.29 is 23.9 Å². The van der Waals surface area contributed by atoms with Gasteiger partial charge in [-0.3, -0.25) is 9.59 Å². The zero-order valence-electron chi connectivity index (χ0n) is 25.5. The van der Waals surface area contributed by atoms with Crippen molar-refractivity contribution >= 4 is 17.7 Å². The second kappa shape index (κ2) is 14.0. The van der Waals surface area contributed by atoms with E-state index < -0.39 is 35.9 Å². The van der Waals surface area contributed by atoms with E-state index >= 15 is 0 Å². The molecule has 4 unspecified atom stereocenters. The van der Waals surface area contributed by atoms with Crippen LogP contribution in [0, 0.1) is 11.7 Å². The molecule has 8 heteroatoms. The molecule has 1 aliphatic heterocycles. The molecular formula is C38H38FN3O4. The molecule has 3 N–H and O–H groups in total. The van der Waals surface area contributed by atoms with Gasteiger partial charge in [0.25, 0.3) is 0 Å². The van der Waals surface area contributed by atoms with Crippen LogP contribution in [0.15, 0.2) is 109 Å². The van der Waals surface area contributed by atoms with Crippen molar-refractivity contribution in [3.8, 4) is 5.75 Å². The van der Waals surface area contributed by atoms with Gasteiger partial charge in [-0.15, -0.1) is 0 Å². The number of rotatable bonds is 8. The minimum Gasteiger partial charge on any atom is -0.508 e. The Kier molecular flexibility index (Phi) is 9.43. The summed E-state index contributed by atoms with van der Waals surface area (Å²) in [6.45, 7) is 0.121. The summed E-state index contributed by atoms with van der Waals surface area (Å²) in [5.74, 6) is -2.44. The first-order chi connectivity index (χ1) is 22.4. The summed E-state index contributed by atoms with van der Waals surface area (Å²) in [5, 5.41) is 16.4. The third-order valence-electron chi connectivity index (χ3n) is 9.26. The van der Waals surface area contributed by atoms with Gasteiger partial charge in [0.15, 0.2) is 5.78 Å². The monoisotopic (exact) mass is 619 g/mol. The number of urea groups is 1. The van der Waals surface area contributed by atoms with Gasteiger partial charge in [-0.1, -0.05) is 104 Å². The molecule has 2 fully saturated rings. The molecule has 0 aromatic heterocycles. The first kappa shape index (κ1) is 31.0. The molecule has 0 spiro atoms. The maximum Gasteiger partial charge on any atom is 0.318 e. The minimum atomic E-state index is -1.05. The second-order valence-electron chi connectivity index (χ2n) is 12.2. The number of nitrogens with one attached hydrogen (secondary N) is 2. The number of likely N-dealkylation sites (tertiary alicyclic amines) is 1. The largest absolute Gasteiger partial charge is 0.508 e. The Morgan fingerprint density at radius 2 is 1.39 bits per heavy atom. The van der Waals surface area contributed by atoms with Crippen LogP contribution >= 0.6 is 0 Å². The number of nitrogens with zero attached hydrogens (tertiary/aromatic N) is 1. The van der Waals surface area contributed by atoms with Gasteiger partial charge < -0.3 is 20.6 Å². The van der Waals surface area contributed by atoms with E-state index in [9.17, 15) is 23.9 Å². The number of carbonyl (C=O) groups excluding carboxylic acids is 3. The molecule has 4 aromatic rings. The fourth-order valence-electron chi connectivity index (χ4n) is 7.05. The number of ketones is 1. The smallest absolute Gasteiger partial charge is 0.318 e. The van der Waals surface area contributed by atoms with E-state index in [0.717, 1.165) is 37.7 Å². The van der Waals surface area contributed by atoms with E-state index in [1.165, 1.54) is 24.3 Å². The van der Waals surface area contributed by atoms with E-state index in [2.05, 4.69) is 10.6 Å². The number of aromatic hydroxyl groups is 1. The number of amides is 3. The van der Waals surface area contributed by atoms with E-state index in [1.807, 2.05) is 36.4 Å². The Morgan fingerprint density at radius 3 is 2.04 bits per heavy atom. The van der Waals surface area contributed by atoms with Crippen LogP contribution in [0.2, 0.25) is 0 Å². The van der Waals surface area contributed by atoms with Gasteiger partial charge in [-0.05, 0) is 53.8 Å². The number of halogens is 1. The van der Waals surface area contributed by atoms with Crippen molar-refractivity contribution in [1.82, 2.24) is 15.5 Å². The first-order valence-corrected chi connectivity index (χ1v) is 15.9. The molecule has 3 amide bonds. The van der Waals surface area contributed by atoms with Crippen molar-refractivity contribution in [1.29, 1.82) is 0 Å². The molecule has 4 atom stereocenters. The average Bonchev–Trinajstić information content (AvgIpc) is 3.45. The van der Waals surface area contributed by atoms with E-state index in [4.69, 9.17) is 0 Å². The van der Waals surface area contributed by atoms with Crippen LogP contribution in [0.3, 0.4) is 0 Å². The molecule has 1 saturated heterocycles. The molecule has 4 aromatic carbocycles. The minimum absolute atomic E-state index is 0.0382. The molecule has 1 heterocycles. The fraction of sp³-hybridized carbons (Fsp3) is 0.289. The lowest BCUT2D eigenvalue weighted by Crippen LogP contribution is -2.53. The quantitative estimate of drug-likeness (QED) is 0.187. The van der Waals surface area contributed by atoms with Crippen LogP contribution in [0.25, 0.3) is 0 Å². The van der Waals surface area contributed by atoms with Crippen LogP contribution in [0.1, 0.15) is 71.1 Å². The maximum atomic E-state index is 14.6. The summed E-state index contributed by atoms with van der Waals surface area (Å²) in [7, 11) is 0. The number of phenols is 1. The lowest BCUT2D eigenvalue weighted by Gasteiger charge is -2.34. The summed E-state index contributed by atoms with van der Waals surface area (Å²) < 4.78 is 13.6. The molecule has 46 heavy (non-hydrogen) atoms. The fourth-order valence-corrected chi connectivity index (χ4v) is 7.05. The SMILES string of the molecule is O=C(c1ccccc1)C1C(c2ccccc2)C(C(=O)NCc2ccc(F)cc2)N(C(=O)NC2CCCCC2)C1c1ccc(O)cc1. The molecule has 1 saturated carbocycles. The van der Waals surface area contributed by atoms with E-state index in [0.29, 0.717) is 16.7 Å². The Hall–Kier alpha value is -4.98. The molecule has 1 aliphatic carbocycles. The number of carbonyl (C=O) groups is 3. The third-order valence-corrected chi connectivity index (χ3v) is 9.26. The van der Waals surface area contributed by atoms with Gasteiger partial charge in [0.1, 0.15) is 17.6 Å². The van der Waals surface area contributed by atoms with Crippen LogP contribution in [0.4, 0.5) is 9.18 Å². The number of phenolic OH excluding ortho intramolecular Hbond substituents is 1. The molecule has 2 aliphatic rings. The Balaban J connectivity index is 1.49. The Morgan fingerprint density at radius 1 is 0.761 bits per heavy atom. The highest BCUT2D eigenvalue weighted by Crippen LogP contribution is 2.51. The summed E-state index contributed by atoms with van der Waals surface area (Å²) in [6, 6.07) is 28.4. The van der Waals surface area contributed by atoms with Crippen LogP contribution in [-0.2, 0) is 11.3 Å². The van der Waals surface area contributed by atoms with Crippen LogP contribution < -0.4 is 10.6 Å². The van der Waals surface area contributed by atoms with E-state index in [-0.39, 0.29) is 29.9 Å². The Labute approximate surface area is 268 Å². The van der Waals surface area contributed by atoms with Gasteiger partial charge in [0.05, 0.1) is 12.0 Å². The van der Waals surface area contributed by atoms with Crippen molar-refractivity contribution in [2.24, 2.45) is 5.92 Å². The molecule has 7 nitrogen and oxygen atoms in total. The van der Waals surface area contributed by atoms with E-state index in [1.54, 1.807) is 53.4 Å². The highest BCUT2D eigenvalue weighted by Gasteiger charge is 2.57. The number of benzene rings is 4. The maximum absolute atomic E-state index is 14.6. The molecular weight excluding hydrogens is 581 g/mol. The topological polar surface area (TPSA) is 98.7 Å². The average molecular weight is 620 g/mol. The van der Waals surface area contributed by atoms with Gasteiger partial charge >= 0.3 is 6.03 Å².